The molecule has 0 radical (unpaired) electrons. The van der Waals surface area contributed by atoms with Crippen LogP contribution in [0.1, 0.15) is 26.3 Å². The Morgan fingerprint density at radius 3 is 2.32 bits per heavy atom. The third-order valence-corrected chi connectivity index (χ3v) is 2.75. The van der Waals surface area contributed by atoms with Crippen LogP contribution in [-0.2, 0) is 11.2 Å². The van der Waals surface area contributed by atoms with Gasteiger partial charge in [0.15, 0.2) is 0 Å². The topological polar surface area (TPSA) is 43.4 Å². The highest BCUT2D eigenvalue weighted by Gasteiger charge is 2.06. The van der Waals surface area contributed by atoms with E-state index in [1.165, 1.54) is 0 Å². The van der Waals surface area contributed by atoms with Crippen molar-refractivity contribution in [2.24, 2.45) is 0 Å². The largest absolute Gasteiger partial charge is 0.462 e. The number of hydrogen-bond acceptors (Lipinski definition) is 3. The molecule has 0 aliphatic carbocycles. The summed E-state index contributed by atoms with van der Waals surface area (Å²) in [7, 11) is 0. The van der Waals surface area contributed by atoms with Crippen LogP contribution < -0.4 is 0 Å². The van der Waals surface area contributed by atoms with Crippen molar-refractivity contribution in [1.82, 2.24) is 0 Å². The van der Waals surface area contributed by atoms with Crippen molar-refractivity contribution in [2.45, 2.75) is 6.42 Å². The summed E-state index contributed by atoms with van der Waals surface area (Å²) in [5, 5.41) is 0. The Morgan fingerprint density at radius 1 is 1.00 bits per heavy atom. The second-order valence-electron chi connectivity index (χ2n) is 4.11. The van der Waals surface area contributed by atoms with E-state index in [1.54, 1.807) is 24.3 Å². The normalized spacial score (nSPS) is 9.89. The second kappa shape index (κ2) is 6.50. The van der Waals surface area contributed by atoms with Crippen molar-refractivity contribution in [3.63, 3.8) is 0 Å². The van der Waals surface area contributed by atoms with Crippen LogP contribution in [0.3, 0.4) is 0 Å². The SMILES string of the molecule is O=Cc1ccc(C(=O)OCCc2ccccc2)cc1. The number of rotatable bonds is 5. The van der Waals surface area contributed by atoms with Crippen LogP contribution in [0.25, 0.3) is 0 Å². The first kappa shape index (κ1) is 13.0. The van der Waals surface area contributed by atoms with Crippen LogP contribution in [0.5, 0.6) is 0 Å². The molecule has 0 aliphatic heterocycles. The molecule has 3 nitrogen and oxygen atoms in total. The van der Waals surface area contributed by atoms with Gasteiger partial charge in [0.05, 0.1) is 12.2 Å². The fourth-order valence-electron chi connectivity index (χ4n) is 1.69. The number of aldehydes is 1. The van der Waals surface area contributed by atoms with E-state index in [-0.39, 0.29) is 5.97 Å². The fourth-order valence-corrected chi connectivity index (χ4v) is 1.69. The lowest BCUT2D eigenvalue weighted by molar-refractivity contribution is 0.0509. The van der Waals surface area contributed by atoms with Crippen molar-refractivity contribution in [3.8, 4) is 0 Å². The van der Waals surface area contributed by atoms with Gasteiger partial charge in [0.1, 0.15) is 6.29 Å². The Balaban J connectivity index is 1.85. The highest BCUT2D eigenvalue weighted by molar-refractivity contribution is 5.90. The predicted octanol–water partition coefficient (Wildman–Crippen LogP) is 2.90. The Kier molecular flexibility index (Phi) is 4.45. The molecule has 0 saturated carbocycles. The quantitative estimate of drug-likeness (QED) is 0.608. The van der Waals surface area contributed by atoms with Crippen molar-refractivity contribution >= 4 is 12.3 Å². The van der Waals surface area contributed by atoms with Gasteiger partial charge in [-0.25, -0.2) is 4.79 Å². The Bertz CT molecular complexity index is 544. The molecular formula is C16H14O3. The zero-order valence-corrected chi connectivity index (χ0v) is 10.4. The summed E-state index contributed by atoms with van der Waals surface area (Å²) in [6, 6.07) is 16.2. The molecule has 2 rings (SSSR count). The molecule has 96 valence electrons. The summed E-state index contributed by atoms with van der Waals surface area (Å²) < 4.78 is 5.18. The van der Waals surface area contributed by atoms with Gasteiger partial charge in [0.25, 0.3) is 0 Å². The van der Waals surface area contributed by atoms with E-state index in [0.29, 0.717) is 24.2 Å². The zero-order chi connectivity index (χ0) is 13.5. The molecule has 0 atom stereocenters. The third-order valence-electron chi connectivity index (χ3n) is 2.75. The van der Waals surface area contributed by atoms with Gasteiger partial charge in [-0.1, -0.05) is 42.5 Å². The van der Waals surface area contributed by atoms with Crippen molar-refractivity contribution in [2.75, 3.05) is 6.61 Å². The molecular weight excluding hydrogens is 240 g/mol. The molecule has 3 heteroatoms. The monoisotopic (exact) mass is 254 g/mol. The maximum Gasteiger partial charge on any atom is 0.338 e. The van der Waals surface area contributed by atoms with Gasteiger partial charge < -0.3 is 4.74 Å². The van der Waals surface area contributed by atoms with Crippen molar-refractivity contribution in [1.29, 1.82) is 0 Å². The predicted molar refractivity (Wildman–Crippen MR) is 72.3 cm³/mol. The number of esters is 1. The molecule has 0 aliphatic rings. The summed E-state index contributed by atoms with van der Waals surface area (Å²) >= 11 is 0. The lowest BCUT2D eigenvalue weighted by atomic mass is 10.1. The summed E-state index contributed by atoms with van der Waals surface area (Å²) in [5.41, 5.74) is 2.13. The number of hydrogen-bond donors (Lipinski definition) is 0. The molecule has 0 aromatic heterocycles. The van der Waals surface area contributed by atoms with Gasteiger partial charge >= 0.3 is 5.97 Å². The smallest absolute Gasteiger partial charge is 0.338 e. The minimum absolute atomic E-state index is 0.346. The van der Waals surface area contributed by atoms with E-state index in [1.807, 2.05) is 30.3 Å². The molecule has 0 heterocycles. The van der Waals surface area contributed by atoms with Crippen LogP contribution >= 0.6 is 0 Å². The van der Waals surface area contributed by atoms with Crippen LogP contribution in [-0.4, -0.2) is 18.9 Å². The average molecular weight is 254 g/mol. The van der Waals surface area contributed by atoms with Gasteiger partial charge in [-0.3, -0.25) is 4.79 Å². The van der Waals surface area contributed by atoms with Crippen molar-refractivity contribution in [3.05, 3.63) is 71.3 Å². The molecule has 0 bridgehead atoms. The van der Waals surface area contributed by atoms with Gasteiger partial charge in [0.2, 0.25) is 0 Å². The van der Waals surface area contributed by atoms with E-state index in [9.17, 15) is 9.59 Å². The number of benzene rings is 2. The third kappa shape index (κ3) is 3.78. The Labute approximate surface area is 111 Å². The van der Waals surface area contributed by atoms with Gasteiger partial charge in [-0.05, 0) is 17.7 Å². The molecule has 0 saturated heterocycles. The summed E-state index contributed by atoms with van der Waals surface area (Å²) in [4.78, 5) is 22.2. The average Bonchev–Trinajstić information content (AvgIpc) is 2.48. The standard InChI is InChI=1S/C16H14O3/c17-12-14-6-8-15(9-7-14)16(18)19-11-10-13-4-2-1-3-5-13/h1-9,12H,10-11H2. The molecule has 0 N–H and O–H groups in total. The Hall–Kier alpha value is -2.42. The van der Waals surface area contributed by atoms with E-state index >= 15 is 0 Å². The first-order chi connectivity index (χ1) is 9.29. The van der Waals surface area contributed by atoms with E-state index < -0.39 is 0 Å². The van der Waals surface area contributed by atoms with Gasteiger partial charge in [-0.15, -0.1) is 0 Å². The summed E-state index contributed by atoms with van der Waals surface area (Å²) in [5.74, 6) is -0.367. The van der Waals surface area contributed by atoms with E-state index in [2.05, 4.69) is 0 Å². The van der Waals surface area contributed by atoms with Crippen LogP contribution in [0, 0.1) is 0 Å². The fraction of sp³-hybridized carbons (Fsp3) is 0.125. The summed E-state index contributed by atoms with van der Waals surface area (Å²) in [6.45, 7) is 0.346. The van der Waals surface area contributed by atoms with Gasteiger partial charge in [-0.2, -0.15) is 0 Å². The lowest BCUT2D eigenvalue weighted by Crippen LogP contribution is -2.08. The molecule has 2 aromatic carbocycles. The molecule has 0 spiro atoms. The number of carbonyl (C=O) groups is 2. The highest BCUT2D eigenvalue weighted by atomic mass is 16.5. The van der Waals surface area contributed by atoms with Crippen LogP contribution in [0.4, 0.5) is 0 Å². The zero-order valence-electron chi connectivity index (χ0n) is 10.4. The lowest BCUT2D eigenvalue weighted by Gasteiger charge is -2.05. The molecule has 19 heavy (non-hydrogen) atoms. The van der Waals surface area contributed by atoms with Crippen LogP contribution in [0.15, 0.2) is 54.6 Å². The van der Waals surface area contributed by atoms with E-state index in [0.717, 1.165) is 11.8 Å². The summed E-state index contributed by atoms with van der Waals surface area (Å²) in [6.07, 6.45) is 1.43. The maximum atomic E-state index is 11.7. The van der Waals surface area contributed by atoms with E-state index in [4.69, 9.17) is 4.74 Å². The number of carbonyl (C=O) groups excluding carboxylic acids is 2. The second-order valence-corrected chi connectivity index (χ2v) is 4.11. The molecule has 2 aromatic rings. The Morgan fingerprint density at radius 2 is 1.68 bits per heavy atom. The first-order valence-electron chi connectivity index (χ1n) is 6.06. The molecule has 0 amide bonds. The molecule has 0 unspecified atom stereocenters. The first-order valence-corrected chi connectivity index (χ1v) is 6.06. The maximum absolute atomic E-state index is 11.7. The van der Waals surface area contributed by atoms with Crippen molar-refractivity contribution < 1.29 is 14.3 Å². The van der Waals surface area contributed by atoms with Crippen LogP contribution in [0.2, 0.25) is 0 Å². The van der Waals surface area contributed by atoms with Gasteiger partial charge in [0, 0.05) is 12.0 Å². The molecule has 0 fully saturated rings. The number of ether oxygens (including phenoxy) is 1. The minimum atomic E-state index is -0.367. The highest BCUT2D eigenvalue weighted by Crippen LogP contribution is 2.06. The minimum Gasteiger partial charge on any atom is -0.462 e.